The zero-order valence-electron chi connectivity index (χ0n) is 15.2. The minimum atomic E-state index is -0.277. The highest BCUT2D eigenvalue weighted by Gasteiger charge is 2.31. The van der Waals surface area contributed by atoms with Gasteiger partial charge in [0.05, 0.1) is 0 Å². The molecule has 1 aromatic heterocycles. The number of aromatic nitrogens is 2. The van der Waals surface area contributed by atoms with Gasteiger partial charge in [-0.05, 0) is 37.0 Å². The van der Waals surface area contributed by atoms with Crippen molar-refractivity contribution in [2.45, 2.75) is 65.5 Å². The summed E-state index contributed by atoms with van der Waals surface area (Å²) in [5.41, 5.74) is 0.617. The van der Waals surface area contributed by atoms with Gasteiger partial charge in [0, 0.05) is 38.4 Å². The van der Waals surface area contributed by atoms with Crippen molar-refractivity contribution in [3.05, 3.63) is 32.6 Å². The summed E-state index contributed by atoms with van der Waals surface area (Å²) in [6.45, 7) is 7.56. The molecule has 1 fully saturated rings. The van der Waals surface area contributed by atoms with Crippen LogP contribution in [-0.4, -0.2) is 15.2 Å². The largest absolute Gasteiger partial charge is 0.330 e. The molecule has 0 radical (unpaired) electrons. The average Bonchev–Trinajstić information content (AvgIpc) is 2.55. The Labute approximate surface area is 138 Å². The van der Waals surface area contributed by atoms with Crippen molar-refractivity contribution in [3.63, 3.8) is 0 Å². The molecular formula is C18H31N3O2. The molecule has 130 valence electrons. The molecule has 1 aliphatic rings. The summed E-state index contributed by atoms with van der Waals surface area (Å²) in [5, 5.41) is 3.51. The Balaban J connectivity index is 1.94. The Morgan fingerprint density at radius 1 is 1.17 bits per heavy atom. The minimum absolute atomic E-state index is 0.193. The van der Waals surface area contributed by atoms with E-state index in [0.29, 0.717) is 23.6 Å². The summed E-state index contributed by atoms with van der Waals surface area (Å²) in [6.07, 6.45) is 7.72. The van der Waals surface area contributed by atoms with Crippen LogP contribution in [0, 0.1) is 11.3 Å². The molecule has 0 amide bonds. The molecule has 1 saturated carbocycles. The first-order valence-electron chi connectivity index (χ1n) is 8.75. The molecule has 0 unspecified atom stereocenters. The maximum Gasteiger partial charge on any atom is 0.330 e. The molecule has 5 nitrogen and oxygen atoms in total. The Morgan fingerprint density at radius 2 is 1.78 bits per heavy atom. The van der Waals surface area contributed by atoms with Crippen LogP contribution in [0.25, 0.3) is 0 Å². The van der Waals surface area contributed by atoms with Crippen LogP contribution in [0.3, 0.4) is 0 Å². The monoisotopic (exact) mass is 321 g/mol. The van der Waals surface area contributed by atoms with Gasteiger partial charge in [-0.2, -0.15) is 0 Å². The Bertz CT molecular complexity index is 649. The highest BCUT2D eigenvalue weighted by atomic mass is 16.2. The predicted octanol–water partition coefficient (Wildman–Crippen LogP) is 2.17. The second kappa shape index (κ2) is 7.04. The topological polar surface area (TPSA) is 56.0 Å². The van der Waals surface area contributed by atoms with Crippen LogP contribution >= 0.6 is 0 Å². The van der Waals surface area contributed by atoms with E-state index in [4.69, 9.17) is 0 Å². The van der Waals surface area contributed by atoms with Crippen LogP contribution in [0.2, 0.25) is 0 Å². The van der Waals surface area contributed by atoms with Gasteiger partial charge >= 0.3 is 5.69 Å². The summed E-state index contributed by atoms with van der Waals surface area (Å²) >= 11 is 0. The summed E-state index contributed by atoms with van der Waals surface area (Å²) in [4.78, 5) is 23.9. The van der Waals surface area contributed by atoms with E-state index in [9.17, 15) is 9.59 Å². The van der Waals surface area contributed by atoms with Crippen molar-refractivity contribution in [2.75, 3.05) is 0 Å². The molecule has 0 bridgehead atoms. The van der Waals surface area contributed by atoms with Crippen LogP contribution in [0.4, 0.5) is 0 Å². The highest BCUT2D eigenvalue weighted by Crippen LogP contribution is 2.40. The lowest BCUT2D eigenvalue weighted by atomic mass is 9.69. The zero-order chi connectivity index (χ0) is 17.2. The number of nitrogens with zero attached hydrogens (tertiary/aromatic N) is 2. The first kappa shape index (κ1) is 18.0. The van der Waals surface area contributed by atoms with E-state index in [2.05, 4.69) is 26.1 Å². The molecular weight excluding hydrogens is 290 g/mol. The van der Waals surface area contributed by atoms with Gasteiger partial charge in [-0.3, -0.25) is 9.36 Å². The third kappa shape index (κ3) is 3.94. The van der Waals surface area contributed by atoms with Gasteiger partial charge in [-0.15, -0.1) is 0 Å². The molecule has 1 aromatic rings. The van der Waals surface area contributed by atoms with Gasteiger partial charge in [0.2, 0.25) is 0 Å². The second-order valence-corrected chi connectivity index (χ2v) is 7.68. The van der Waals surface area contributed by atoms with Gasteiger partial charge in [-0.1, -0.05) is 27.2 Å². The number of hydrogen-bond acceptors (Lipinski definition) is 3. The third-order valence-corrected chi connectivity index (χ3v) is 5.84. The van der Waals surface area contributed by atoms with E-state index >= 15 is 0 Å². The lowest BCUT2D eigenvalue weighted by molar-refractivity contribution is 0.136. The molecule has 1 aliphatic carbocycles. The van der Waals surface area contributed by atoms with Crippen LogP contribution in [-0.2, 0) is 20.6 Å². The second-order valence-electron chi connectivity index (χ2n) is 7.68. The van der Waals surface area contributed by atoms with Crippen LogP contribution < -0.4 is 16.6 Å². The summed E-state index contributed by atoms with van der Waals surface area (Å²) in [6, 6.07) is 0.473. The van der Waals surface area contributed by atoms with Crippen LogP contribution in [0.1, 0.15) is 58.4 Å². The third-order valence-electron chi connectivity index (χ3n) is 5.84. The Morgan fingerprint density at radius 3 is 2.35 bits per heavy atom. The van der Waals surface area contributed by atoms with Crippen molar-refractivity contribution in [3.8, 4) is 0 Å². The van der Waals surface area contributed by atoms with Gasteiger partial charge in [-0.25, -0.2) is 4.79 Å². The normalized spacial score (nSPS) is 22.3. The van der Waals surface area contributed by atoms with Crippen molar-refractivity contribution in [1.82, 2.24) is 14.5 Å². The summed E-state index contributed by atoms with van der Waals surface area (Å²) in [5.74, 6) is 0.802. The van der Waals surface area contributed by atoms with E-state index in [1.807, 2.05) is 0 Å². The van der Waals surface area contributed by atoms with Gasteiger partial charge in [0.15, 0.2) is 0 Å². The summed E-state index contributed by atoms with van der Waals surface area (Å²) in [7, 11) is 3.22. The predicted molar refractivity (Wildman–Crippen MR) is 93.6 cm³/mol. The van der Waals surface area contributed by atoms with Gasteiger partial charge < -0.3 is 9.88 Å². The van der Waals surface area contributed by atoms with E-state index in [-0.39, 0.29) is 11.2 Å². The lowest BCUT2D eigenvalue weighted by Crippen LogP contribution is -2.41. The molecule has 23 heavy (non-hydrogen) atoms. The molecule has 5 heteroatoms. The van der Waals surface area contributed by atoms with Crippen LogP contribution in [0.15, 0.2) is 15.8 Å². The molecule has 2 rings (SSSR count). The van der Waals surface area contributed by atoms with Crippen molar-refractivity contribution in [2.24, 2.45) is 25.4 Å². The quantitative estimate of drug-likeness (QED) is 0.904. The van der Waals surface area contributed by atoms with Gasteiger partial charge in [0.25, 0.3) is 5.56 Å². The van der Waals surface area contributed by atoms with Crippen molar-refractivity contribution >= 4 is 0 Å². The minimum Gasteiger partial charge on any atom is -0.310 e. The number of aryl methyl sites for hydroxylation is 1. The van der Waals surface area contributed by atoms with Gasteiger partial charge in [0.1, 0.15) is 0 Å². The molecule has 0 spiro atoms. The average molecular weight is 321 g/mol. The molecule has 1 N–H and O–H groups in total. The Hall–Kier alpha value is -1.36. The first-order valence-corrected chi connectivity index (χ1v) is 8.75. The number of hydrogen-bond donors (Lipinski definition) is 1. The first-order chi connectivity index (χ1) is 10.8. The van der Waals surface area contributed by atoms with Crippen molar-refractivity contribution < 1.29 is 0 Å². The fourth-order valence-electron chi connectivity index (χ4n) is 3.63. The van der Waals surface area contributed by atoms with Crippen molar-refractivity contribution in [1.29, 1.82) is 0 Å². The van der Waals surface area contributed by atoms with E-state index < -0.39 is 0 Å². The fourth-order valence-corrected chi connectivity index (χ4v) is 3.63. The Kier molecular flexibility index (Phi) is 5.50. The maximum atomic E-state index is 12.1. The zero-order valence-corrected chi connectivity index (χ0v) is 15.2. The highest BCUT2D eigenvalue weighted by molar-refractivity contribution is 5.05. The number of nitrogens with one attached hydrogen (secondary N) is 1. The van der Waals surface area contributed by atoms with E-state index in [1.54, 1.807) is 13.2 Å². The maximum absolute atomic E-state index is 12.1. The molecule has 1 heterocycles. The smallest absolute Gasteiger partial charge is 0.310 e. The molecule has 0 atom stereocenters. The standard InChI is InChI=1S/C18H31N3O2/c1-6-18(2,3)14-7-9-15(10-8-14)19-11-13-12-20(4)17(23)21(5)16(13)22/h12,14-15,19H,6-11H2,1-5H3. The molecule has 0 saturated heterocycles. The number of rotatable bonds is 5. The molecule has 0 aromatic carbocycles. The molecule has 0 aliphatic heterocycles. The SMILES string of the molecule is CCC(C)(C)C1CCC(NCc2cn(C)c(=O)n(C)c2=O)CC1. The van der Waals surface area contributed by atoms with E-state index in [0.717, 1.165) is 5.92 Å². The fraction of sp³-hybridized carbons (Fsp3) is 0.778. The van der Waals surface area contributed by atoms with E-state index in [1.165, 1.54) is 48.3 Å². The summed E-state index contributed by atoms with van der Waals surface area (Å²) < 4.78 is 2.65. The lowest BCUT2D eigenvalue weighted by Gasteiger charge is -2.39. The van der Waals surface area contributed by atoms with Crippen LogP contribution in [0.5, 0.6) is 0 Å².